The zero-order valence-electron chi connectivity index (χ0n) is 9.06. The van der Waals surface area contributed by atoms with Crippen LogP contribution in [0.4, 0.5) is 5.69 Å². The van der Waals surface area contributed by atoms with Crippen LogP contribution in [0.2, 0.25) is 0 Å². The van der Waals surface area contributed by atoms with Crippen molar-refractivity contribution in [2.75, 3.05) is 18.1 Å². The minimum atomic E-state index is 0.141. The first-order valence-electron chi connectivity index (χ1n) is 4.92. The van der Waals surface area contributed by atoms with Gasteiger partial charge in [0.25, 0.3) is 0 Å². The fourth-order valence-electron chi connectivity index (χ4n) is 1.18. The summed E-state index contributed by atoms with van der Waals surface area (Å²) in [6.45, 7) is 4.12. The van der Waals surface area contributed by atoms with Gasteiger partial charge in [0.2, 0.25) is 0 Å². The molecule has 0 bridgehead atoms. The van der Waals surface area contributed by atoms with Crippen LogP contribution < -0.4 is 10.5 Å². The number of anilines is 1. The third kappa shape index (κ3) is 4.44. The first-order chi connectivity index (χ1) is 7.11. The molecule has 15 heavy (non-hydrogen) atoms. The van der Waals surface area contributed by atoms with Crippen molar-refractivity contribution >= 4 is 17.4 Å². The summed E-state index contributed by atoms with van der Waals surface area (Å²) in [5.74, 6) is 1.45. The molecule has 1 rings (SSSR count). The summed E-state index contributed by atoms with van der Waals surface area (Å²) in [4.78, 5) is 1.03. The molecule has 0 aliphatic heterocycles. The van der Waals surface area contributed by atoms with Crippen LogP contribution in [0, 0.1) is 0 Å². The number of thioether (sulfide) groups is 1. The Kier molecular flexibility index (Phi) is 4.78. The molecule has 0 atom stereocenters. The van der Waals surface area contributed by atoms with E-state index in [9.17, 15) is 0 Å². The van der Waals surface area contributed by atoms with Gasteiger partial charge < -0.3 is 15.6 Å². The Balaban J connectivity index is 2.75. The van der Waals surface area contributed by atoms with E-state index in [2.05, 4.69) is 0 Å². The van der Waals surface area contributed by atoms with Gasteiger partial charge in [-0.15, -0.1) is 11.8 Å². The molecule has 1 aromatic carbocycles. The molecule has 3 N–H and O–H groups in total. The number of hydrogen-bond acceptors (Lipinski definition) is 4. The Hall–Kier alpha value is -0.870. The number of aliphatic hydroxyl groups is 1. The number of ether oxygens (including phenoxy) is 1. The Morgan fingerprint density at radius 1 is 1.40 bits per heavy atom. The standard InChI is InChI=1S/C11H17NO2S/c1-8(2)14-10-5-9(12)6-11(7-10)15-4-3-13/h5-8,13H,3-4,12H2,1-2H3. The fraction of sp³-hybridized carbons (Fsp3) is 0.455. The maximum Gasteiger partial charge on any atom is 0.122 e. The van der Waals surface area contributed by atoms with Crippen LogP contribution in [-0.4, -0.2) is 23.6 Å². The molecule has 0 saturated heterocycles. The van der Waals surface area contributed by atoms with E-state index in [1.165, 1.54) is 0 Å². The molecule has 0 unspecified atom stereocenters. The van der Waals surface area contributed by atoms with Crippen molar-refractivity contribution in [2.24, 2.45) is 0 Å². The highest BCUT2D eigenvalue weighted by Gasteiger charge is 2.02. The van der Waals surface area contributed by atoms with Gasteiger partial charge in [-0.1, -0.05) is 0 Å². The predicted octanol–water partition coefficient (Wildman–Crippen LogP) is 2.14. The smallest absolute Gasteiger partial charge is 0.122 e. The quantitative estimate of drug-likeness (QED) is 0.597. The second-order valence-electron chi connectivity index (χ2n) is 3.48. The topological polar surface area (TPSA) is 55.5 Å². The van der Waals surface area contributed by atoms with E-state index in [4.69, 9.17) is 15.6 Å². The summed E-state index contributed by atoms with van der Waals surface area (Å²) in [5.41, 5.74) is 6.44. The summed E-state index contributed by atoms with van der Waals surface area (Å²) >= 11 is 1.57. The van der Waals surface area contributed by atoms with Crippen molar-refractivity contribution in [1.82, 2.24) is 0 Å². The van der Waals surface area contributed by atoms with E-state index in [1.54, 1.807) is 11.8 Å². The van der Waals surface area contributed by atoms with Gasteiger partial charge in [-0.3, -0.25) is 0 Å². The van der Waals surface area contributed by atoms with E-state index in [-0.39, 0.29) is 12.7 Å². The number of hydrogen-bond donors (Lipinski definition) is 2. The summed E-state index contributed by atoms with van der Waals surface area (Å²) in [5, 5.41) is 8.73. The molecule has 0 aliphatic rings. The number of aliphatic hydroxyl groups excluding tert-OH is 1. The minimum absolute atomic E-state index is 0.141. The SMILES string of the molecule is CC(C)Oc1cc(N)cc(SCCO)c1. The highest BCUT2D eigenvalue weighted by Crippen LogP contribution is 2.27. The van der Waals surface area contributed by atoms with E-state index >= 15 is 0 Å². The highest BCUT2D eigenvalue weighted by molar-refractivity contribution is 7.99. The Morgan fingerprint density at radius 3 is 2.73 bits per heavy atom. The van der Waals surface area contributed by atoms with Crippen LogP contribution in [0.1, 0.15) is 13.8 Å². The molecular weight excluding hydrogens is 210 g/mol. The third-order valence-electron chi connectivity index (χ3n) is 1.63. The van der Waals surface area contributed by atoms with Gasteiger partial charge in [-0.25, -0.2) is 0 Å². The van der Waals surface area contributed by atoms with Gasteiger partial charge >= 0.3 is 0 Å². The fourth-order valence-corrected chi connectivity index (χ4v) is 1.93. The van der Waals surface area contributed by atoms with Crippen molar-refractivity contribution < 1.29 is 9.84 Å². The van der Waals surface area contributed by atoms with E-state index in [0.717, 1.165) is 10.6 Å². The van der Waals surface area contributed by atoms with Crippen molar-refractivity contribution in [2.45, 2.75) is 24.8 Å². The van der Waals surface area contributed by atoms with Gasteiger partial charge in [0.1, 0.15) is 5.75 Å². The second-order valence-corrected chi connectivity index (χ2v) is 4.64. The van der Waals surface area contributed by atoms with Crippen molar-refractivity contribution in [3.05, 3.63) is 18.2 Å². The van der Waals surface area contributed by atoms with E-state index in [1.807, 2.05) is 32.0 Å². The van der Waals surface area contributed by atoms with Crippen LogP contribution in [0.15, 0.2) is 23.1 Å². The van der Waals surface area contributed by atoms with E-state index < -0.39 is 0 Å². The molecule has 3 nitrogen and oxygen atoms in total. The normalized spacial score (nSPS) is 10.7. The first-order valence-corrected chi connectivity index (χ1v) is 5.91. The molecule has 0 heterocycles. The molecular formula is C11H17NO2S. The number of rotatable bonds is 5. The summed E-state index contributed by atoms with van der Waals surface area (Å²) in [6.07, 6.45) is 0.141. The zero-order chi connectivity index (χ0) is 11.3. The zero-order valence-corrected chi connectivity index (χ0v) is 9.88. The molecule has 0 amide bonds. The summed E-state index contributed by atoms with van der Waals surface area (Å²) in [6, 6.07) is 5.63. The summed E-state index contributed by atoms with van der Waals surface area (Å²) in [7, 11) is 0. The molecule has 1 aromatic rings. The first kappa shape index (κ1) is 12.2. The van der Waals surface area contributed by atoms with Gasteiger partial charge in [0, 0.05) is 22.4 Å². The highest BCUT2D eigenvalue weighted by atomic mass is 32.2. The lowest BCUT2D eigenvalue weighted by Gasteiger charge is -2.11. The molecule has 4 heteroatoms. The lowest BCUT2D eigenvalue weighted by atomic mass is 10.3. The van der Waals surface area contributed by atoms with Crippen LogP contribution in [-0.2, 0) is 0 Å². The van der Waals surface area contributed by atoms with Crippen LogP contribution in [0.5, 0.6) is 5.75 Å². The predicted molar refractivity (Wildman–Crippen MR) is 64.4 cm³/mol. The van der Waals surface area contributed by atoms with E-state index in [0.29, 0.717) is 11.4 Å². The van der Waals surface area contributed by atoms with Crippen molar-refractivity contribution in [3.63, 3.8) is 0 Å². The third-order valence-corrected chi connectivity index (χ3v) is 2.59. The molecule has 0 aromatic heterocycles. The lowest BCUT2D eigenvalue weighted by molar-refractivity contribution is 0.242. The van der Waals surface area contributed by atoms with Gasteiger partial charge in [0.05, 0.1) is 12.7 Å². The van der Waals surface area contributed by atoms with Crippen LogP contribution in [0.25, 0.3) is 0 Å². The molecule has 0 radical (unpaired) electrons. The maximum atomic E-state index is 8.73. The Labute approximate surface area is 94.6 Å². The lowest BCUT2D eigenvalue weighted by Crippen LogP contribution is -2.05. The number of nitrogens with two attached hydrogens (primary N) is 1. The number of nitrogen functional groups attached to an aromatic ring is 1. The van der Waals surface area contributed by atoms with Gasteiger partial charge in [-0.05, 0) is 26.0 Å². The monoisotopic (exact) mass is 227 g/mol. The Bertz CT molecular complexity index is 315. The molecule has 0 fully saturated rings. The van der Waals surface area contributed by atoms with Gasteiger partial charge in [0.15, 0.2) is 0 Å². The molecule has 84 valence electrons. The number of benzene rings is 1. The Morgan fingerprint density at radius 2 is 2.13 bits per heavy atom. The summed E-state index contributed by atoms with van der Waals surface area (Å²) < 4.78 is 5.56. The van der Waals surface area contributed by atoms with Gasteiger partial charge in [-0.2, -0.15) is 0 Å². The molecule has 0 spiro atoms. The average molecular weight is 227 g/mol. The van der Waals surface area contributed by atoms with Crippen molar-refractivity contribution in [3.8, 4) is 5.75 Å². The largest absolute Gasteiger partial charge is 0.491 e. The minimum Gasteiger partial charge on any atom is -0.491 e. The van der Waals surface area contributed by atoms with Crippen molar-refractivity contribution in [1.29, 1.82) is 0 Å². The average Bonchev–Trinajstić information content (AvgIpc) is 2.12. The van der Waals surface area contributed by atoms with Crippen LogP contribution >= 0.6 is 11.8 Å². The van der Waals surface area contributed by atoms with Crippen LogP contribution in [0.3, 0.4) is 0 Å². The second kappa shape index (κ2) is 5.88. The maximum absolute atomic E-state index is 8.73. The molecule has 0 saturated carbocycles. The molecule has 0 aliphatic carbocycles.